The van der Waals surface area contributed by atoms with Crippen LogP contribution in [0.15, 0.2) is 0 Å². The van der Waals surface area contributed by atoms with Gasteiger partial charge in [0.1, 0.15) is 0 Å². The standard InChI is InChI=1S/C11H20F3NO2/c1-10(2,3)6-8(15)4-7(5-9(16)17)11(12,13)14/h7-8H,4-6,15H2,1-3H3,(H,16,17)/t7-,8-/m1/s1. The van der Waals surface area contributed by atoms with E-state index in [1.54, 1.807) is 0 Å². The Bertz CT molecular complexity index is 258. The second kappa shape index (κ2) is 5.71. The normalized spacial score (nSPS) is 16.6. The minimum Gasteiger partial charge on any atom is -0.481 e. The van der Waals surface area contributed by atoms with Crippen LogP contribution in [0.1, 0.15) is 40.0 Å². The summed E-state index contributed by atoms with van der Waals surface area (Å²) in [6.07, 6.45) is -5.33. The van der Waals surface area contributed by atoms with Crippen LogP contribution in [0.4, 0.5) is 13.2 Å². The van der Waals surface area contributed by atoms with Crippen molar-refractivity contribution in [3.63, 3.8) is 0 Å². The molecular formula is C11H20F3NO2. The first-order chi connectivity index (χ1) is 7.42. The molecule has 102 valence electrons. The van der Waals surface area contributed by atoms with Crippen LogP contribution in [-0.4, -0.2) is 23.3 Å². The lowest BCUT2D eigenvalue weighted by Gasteiger charge is -2.27. The summed E-state index contributed by atoms with van der Waals surface area (Å²) in [6, 6.07) is -0.638. The Morgan fingerprint density at radius 2 is 1.76 bits per heavy atom. The fourth-order valence-corrected chi connectivity index (χ4v) is 1.78. The molecule has 0 aromatic rings. The van der Waals surface area contributed by atoms with E-state index in [1.807, 2.05) is 20.8 Å². The summed E-state index contributed by atoms with van der Waals surface area (Å²) in [4.78, 5) is 10.4. The molecule has 0 saturated carbocycles. The van der Waals surface area contributed by atoms with Crippen LogP contribution < -0.4 is 5.73 Å². The third-order valence-electron chi connectivity index (χ3n) is 2.35. The lowest BCUT2D eigenvalue weighted by molar-refractivity contribution is -0.185. The summed E-state index contributed by atoms with van der Waals surface area (Å²) in [5.41, 5.74) is 5.47. The fourth-order valence-electron chi connectivity index (χ4n) is 1.78. The number of rotatable bonds is 5. The zero-order chi connectivity index (χ0) is 13.9. The molecule has 0 radical (unpaired) electrons. The molecule has 2 atom stereocenters. The maximum atomic E-state index is 12.6. The highest BCUT2D eigenvalue weighted by atomic mass is 19.4. The third-order valence-corrected chi connectivity index (χ3v) is 2.35. The number of carbonyl (C=O) groups is 1. The second-order valence-electron chi connectivity index (χ2n) is 5.60. The van der Waals surface area contributed by atoms with Gasteiger partial charge in [0.15, 0.2) is 0 Å². The van der Waals surface area contributed by atoms with E-state index in [0.29, 0.717) is 6.42 Å². The predicted octanol–water partition coefficient (Wildman–Crippen LogP) is 2.79. The monoisotopic (exact) mass is 255 g/mol. The Morgan fingerprint density at radius 3 is 2.06 bits per heavy atom. The summed E-state index contributed by atoms with van der Waals surface area (Å²) in [5, 5.41) is 8.45. The first kappa shape index (κ1) is 16.2. The van der Waals surface area contributed by atoms with E-state index >= 15 is 0 Å². The average molecular weight is 255 g/mol. The van der Waals surface area contributed by atoms with Gasteiger partial charge in [-0.15, -0.1) is 0 Å². The predicted molar refractivity (Wildman–Crippen MR) is 58.5 cm³/mol. The Balaban J connectivity index is 4.49. The minimum absolute atomic E-state index is 0.168. The molecule has 0 aromatic carbocycles. The van der Waals surface area contributed by atoms with Crippen molar-refractivity contribution in [3.8, 4) is 0 Å². The van der Waals surface area contributed by atoms with Crippen molar-refractivity contribution in [1.29, 1.82) is 0 Å². The van der Waals surface area contributed by atoms with Crippen LogP contribution in [-0.2, 0) is 4.79 Å². The third kappa shape index (κ3) is 8.01. The number of aliphatic carboxylic acids is 1. The molecule has 0 bridgehead atoms. The molecule has 6 heteroatoms. The van der Waals surface area contributed by atoms with Gasteiger partial charge in [0.05, 0.1) is 12.3 Å². The smallest absolute Gasteiger partial charge is 0.392 e. The zero-order valence-electron chi connectivity index (χ0n) is 10.3. The molecule has 0 unspecified atom stereocenters. The SMILES string of the molecule is CC(C)(C)C[C@H](N)C[C@H](CC(=O)O)C(F)(F)F. The summed E-state index contributed by atoms with van der Waals surface area (Å²) in [6.45, 7) is 5.64. The van der Waals surface area contributed by atoms with Crippen LogP contribution in [0.2, 0.25) is 0 Å². The summed E-state index contributed by atoms with van der Waals surface area (Å²) >= 11 is 0. The highest BCUT2D eigenvalue weighted by molar-refractivity contribution is 5.67. The number of halogens is 3. The molecule has 0 aromatic heterocycles. The minimum atomic E-state index is -4.51. The maximum absolute atomic E-state index is 12.6. The molecule has 0 saturated heterocycles. The maximum Gasteiger partial charge on any atom is 0.392 e. The highest BCUT2D eigenvalue weighted by Gasteiger charge is 2.41. The van der Waals surface area contributed by atoms with Gasteiger partial charge in [-0.05, 0) is 18.3 Å². The quantitative estimate of drug-likeness (QED) is 0.794. The Labute approximate surface area is 99.2 Å². The van der Waals surface area contributed by atoms with Gasteiger partial charge in [-0.1, -0.05) is 20.8 Å². The van der Waals surface area contributed by atoms with Crippen molar-refractivity contribution in [2.75, 3.05) is 0 Å². The largest absolute Gasteiger partial charge is 0.481 e. The van der Waals surface area contributed by atoms with Crippen molar-refractivity contribution in [3.05, 3.63) is 0 Å². The van der Waals surface area contributed by atoms with Crippen molar-refractivity contribution >= 4 is 5.97 Å². The molecule has 0 aliphatic rings. The number of hydrogen-bond acceptors (Lipinski definition) is 2. The van der Waals surface area contributed by atoms with Crippen molar-refractivity contribution in [2.45, 2.75) is 52.3 Å². The molecule has 0 aliphatic carbocycles. The number of carboxylic acids is 1. The number of nitrogens with two attached hydrogens (primary N) is 1. The van der Waals surface area contributed by atoms with E-state index in [-0.39, 0.29) is 11.8 Å². The lowest BCUT2D eigenvalue weighted by Crippen LogP contribution is -2.35. The highest BCUT2D eigenvalue weighted by Crippen LogP contribution is 2.34. The lowest BCUT2D eigenvalue weighted by atomic mass is 9.84. The van der Waals surface area contributed by atoms with Crippen LogP contribution in [0.3, 0.4) is 0 Å². The van der Waals surface area contributed by atoms with Gasteiger partial charge in [0.25, 0.3) is 0 Å². The summed E-state index contributed by atoms with van der Waals surface area (Å²) < 4.78 is 37.7. The first-order valence-electron chi connectivity index (χ1n) is 5.46. The van der Waals surface area contributed by atoms with Crippen molar-refractivity contribution in [1.82, 2.24) is 0 Å². The van der Waals surface area contributed by atoms with Gasteiger partial charge in [0.2, 0.25) is 0 Å². The van der Waals surface area contributed by atoms with Gasteiger partial charge in [-0.3, -0.25) is 4.79 Å². The number of hydrogen-bond donors (Lipinski definition) is 2. The zero-order valence-corrected chi connectivity index (χ0v) is 10.3. The first-order valence-corrected chi connectivity index (χ1v) is 5.46. The topological polar surface area (TPSA) is 63.3 Å². The van der Waals surface area contributed by atoms with Crippen LogP contribution in [0, 0.1) is 11.3 Å². The van der Waals surface area contributed by atoms with E-state index in [1.165, 1.54) is 0 Å². The fraction of sp³-hybridized carbons (Fsp3) is 0.909. The molecular weight excluding hydrogens is 235 g/mol. The molecule has 0 aliphatic heterocycles. The number of alkyl halides is 3. The molecule has 0 amide bonds. The van der Waals surface area contributed by atoms with Crippen LogP contribution in [0.25, 0.3) is 0 Å². The molecule has 3 nitrogen and oxygen atoms in total. The molecule has 3 N–H and O–H groups in total. The Morgan fingerprint density at radius 1 is 1.29 bits per heavy atom. The Hall–Kier alpha value is -0.780. The van der Waals surface area contributed by atoms with E-state index in [9.17, 15) is 18.0 Å². The van der Waals surface area contributed by atoms with Gasteiger partial charge in [-0.2, -0.15) is 13.2 Å². The molecule has 0 heterocycles. The van der Waals surface area contributed by atoms with Gasteiger partial charge < -0.3 is 10.8 Å². The molecule has 17 heavy (non-hydrogen) atoms. The van der Waals surface area contributed by atoms with Crippen molar-refractivity contribution < 1.29 is 23.1 Å². The van der Waals surface area contributed by atoms with Gasteiger partial charge in [-0.25, -0.2) is 0 Å². The van der Waals surface area contributed by atoms with Crippen molar-refractivity contribution in [2.24, 2.45) is 17.1 Å². The van der Waals surface area contributed by atoms with Gasteiger partial charge >= 0.3 is 12.1 Å². The number of carboxylic acid groups (broad SMARTS) is 1. The van der Waals surface area contributed by atoms with Gasteiger partial charge in [0, 0.05) is 6.04 Å². The summed E-state index contributed by atoms with van der Waals surface area (Å²) in [5.74, 6) is -3.31. The van der Waals surface area contributed by atoms with E-state index < -0.39 is 30.5 Å². The molecule has 0 spiro atoms. The van der Waals surface area contributed by atoms with Crippen LogP contribution >= 0.6 is 0 Å². The van der Waals surface area contributed by atoms with E-state index in [0.717, 1.165) is 0 Å². The summed E-state index contributed by atoms with van der Waals surface area (Å²) in [7, 11) is 0. The van der Waals surface area contributed by atoms with E-state index in [4.69, 9.17) is 10.8 Å². The second-order valence-corrected chi connectivity index (χ2v) is 5.60. The molecule has 0 fully saturated rings. The van der Waals surface area contributed by atoms with E-state index in [2.05, 4.69) is 0 Å². The van der Waals surface area contributed by atoms with Crippen LogP contribution in [0.5, 0.6) is 0 Å². The molecule has 0 rings (SSSR count). The Kier molecular flexibility index (Phi) is 5.45. The average Bonchev–Trinajstić information content (AvgIpc) is 1.95.